The standard InChI is InChI=1S/C8H9NO.5C2H6.CH4/c1-9-8(10)7-5-3-2-4-6-7;5*1-2;/h2-6H,1H3,(H,9,10);5*1-2H3;1H4. The van der Waals surface area contributed by atoms with Crippen LogP contribution in [0.25, 0.3) is 0 Å². The van der Waals surface area contributed by atoms with Crippen molar-refractivity contribution in [2.24, 2.45) is 0 Å². The van der Waals surface area contributed by atoms with Gasteiger partial charge in [-0.2, -0.15) is 0 Å². The smallest absolute Gasteiger partial charge is 0.251 e. The Bertz CT molecular complexity index is 220. The molecule has 0 aliphatic rings. The van der Waals surface area contributed by atoms with Crippen molar-refractivity contribution >= 4 is 5.91 Å². The molecule has 0 heterocycles. The van der Waals surface area contributed by atoms with Crippen LogP contribution in [0.15, 0.2) is 30.3 Å². The fraction of sp³-hybridized carbons (Fsp3) is 0.632. The van der Waals surface area contributed by atoms with Crippen LogP contribution in [-0.2, 0) is 0 Å². The topological polar surface area (TPSA) is 29.1 Å². The highest BCUT2D eigenvalue weighted by molar-refractivity contribution is 5.93. The van der Waals surface area contributed by atoms with Crippen molar-refractivity contribution in [2.75, 3.05) is 7.05 Å². The molecule has 0 aliphatic heterocycles. The largest absolute Gasteiger partial charge is 0.355 e. The first-order valence-corrected chi connectivity index (χ1v) is 8.11. The first-order chi connectivity index (χ1) is 9.84. The molecule has 0 radical (unpaired) electrons. The zero-order valence-electron chi connectivity index (χ0n) is 15.8. The lowest BCUT2D eigenvalue weighted by Gasteiger charge is -1.96. The van der Waals surface area contributed by atoms with Crippen LogP contribution in [0, 0.1) is 0 Å². The maximum absolute atomic E-state index is 10.9. The van der Waals surface area contributed by atoms with Gasteiger partial charge in [-0.05, 0) is 12.1 Å². The Labute approximate surface area is 136 Å². The van der Waals surface area contributed by atoms with Crippen LogP contribution in [0.4, 0.5) is 0 Å². The van der Waals surface area contributed by atoms with E-state index >= 15 is 0 Å². The first-order valence-electron chi connectivity index (χ1n) is 8.11. The van der Waals surface area contributed by atoms with Crippen LogP contribution in [0.3, 0.4) is 0 Å². The second kappa shape index (κ2) is 51.2. The average molecular weight is 302 g/mol. The molecule has 0 saturated heterocycles. The van der Waals surface area contributed by atoms with Crippen LogP contribution >= 0.6 is 0 Å². The van der Waals surface area contributed by atoms with Gasteiger partial charge in [0, 0.05) is 12.6 Å². The van der Waals surface area contributed by atoms with E-state index in [1.54, 1.807) is 19.2 Å². The highest BCUT2D eigenvalue weighted by Gasteiger charge is 1.97. The molecule has 0 spiro atoms. The summed E-state index contributed by atoms with van der Waals surface area (Å²) < 4.78 is 0. The summed E-state index contributed by atoms with van der Waals surface area (Å²) in [6.07, 6.45) is 0. The summed E-state index contributed by atoms with van der Waals surface area (Å²) in [5.41, 5.74) is 0.699. The minimum atomic E-state index is -0.0411. The van der Waals surface area contributed by atoms with Gasteiger partial charge < -0.3 is 5.32 Å². The molecule has 0 fully saturated rings. The van der Waals surface area contributed by atoms with E-state index in [9.17, 15) is 4.79 Å². The van der Waals surface area contributed by atoms with Crippen LogP contribution in [0.5, 0.6) is 0 Å². The van der Waals surface area contributed by atoms with E-state index in [4.69, 9.17) is 0 Å². The summed E-state index contributed by atoms with van der Waals surface area (Å²) in [4.78, 5) is 10.9. The number of rotatable bonds is 1. The van der Waals surface area contributed by atoms with Crippen LogP contribution in [0.1, 0.15) is 87.0 Å². The Morgan fingerprint density at radius 1 is 0.714 bits per heavy atom. The van der Waals surface area contributed by atoms with Crippen molar-refractivity contribution in [3.63, 3.8) is 0 Å². The normalized spacial score (nSPS) is 5.67. The van der Waals surface area contributed by atoms with Gasteiger partial charge >= 0.3 is 0 Å². The third-order valence-corrected chi connectivity index (χ3v) is 1.26. The van der Waals surface area contributed by atoms with Crippen molar-refractivity contribution in [1.29, 1.82) is 0 Å². The predicted octanol–water partition coefficient (Wildman–Crippen LogP) is 6.81. The monoisotopic (exact) mass is 301 g/mol. The Morgan fingerprint density at radius 3 is 1.24 bits per heavy atom. The molecule has 0 atom stereocenters. The number of benzene rings is 1. The molecule has 0 unspecified atom stereocenters. The summed E-state index contributed by atoms with van der Waals surface area (Å²) in [7, 11) is 1.62. The number of hydrogen-bond acceptors (Lipinski definition) is 1. The van der Waals surface area contributed by atoms with Gasteiger partial charge in [-0.25, -0.2) is 0 Å². The molecule has 0 saturated carbocycles. The van der Waals surface area contributed by atoms with Gasteiger partial charge in [0.15, 0.2) is 0 Å². The number of carbonyl (C=O) groups is 1. The van der Waals surface area contributed by atoms with E-state index in [0.29, 0.717) is 5.56 Å². The molecular weight excluding hydrogens is 258 g/mol. The van der Waals surface area contributed by atoms with E-state index in [1.807, 2.05) is 87.4 Å². The van der Waals surface area contributed by atoms with Crippen molar-refractivity contribution in [3.05, 3.63) is 35.9 Å². The second-order valence-electron chi connectivity index (χ2n) is 1.95. The lowest BCUT2D eigenvalue weighted by atomic mass is 10.2. The molecule has 2 heteroatoms. The Balaban J connectivity index is -0.0000000440. The second-order valence-corrected chi connectivity index (χ2v) is 1.95. The lowest BCUT2D eigenvalue weighted by Crippen LogP contribution is -2.17. The molecule has 1 amide bonds. The van der Waals surface area contributed by atoms with Crippen LogP contribution in [0.2, 0.25) is 0 Å². The molecular formula is C19H43NO. The molecule has 1 N–H and O–H groups in total. The quantitative estimate of drug-likeness (QED) is 0.606. The Morgan fingerprint density at radius 2 is 1.00 bits per heavy atom. The van der Waals surface area contributed by atoms with E-state index in [2.05, 4.69) is 5.32 Å². The van der Waals surface area contributed by atoms with E-state index in [1.165, 1.54) is 0 Å². The molecule has 21 heavy (non-hydrogen) atoms. The predicted molar refractivity (Wildman–Crippen MR) is 103 cm³/mol. The lowest BCUT2D eigenvalue weighted by molar-refractivity contribution is 0.0963. The first kappa shape index (κ1) is 36.7. The van der Waals surface area contributed by atoms with Gasteiger partial charge in [0.1, 0.15) is 0 Å². The average Bonchev–Trinajstić information content (AvgIpc) is 2.63. The zero-order chi connectivity index (χ0) is 17.4. The summed E-state index contributed by atoms with van der Waals surface area (Å²) in [6.45, 7) is 20.0. The highest BCUT2D eigenvalue weighted by atomic mass is 16.1. The van der Waals surface area contributed by atoms with Crippen molar-refractivity contribution in [2.45, 2.75) is 76.7 Å². The highest BCUT2D eigenvalue weighted by Crippen LogP contribution is 1.96. The molecule has 0 aromatic heterocycles. The van der Waals surface area contributed by atoms with E-state index in [-0.39, 0.29) is 13.3 Å². The van der Waals surface area contributed by atoms with Gasteiger partial charge in [0.2, 0.25) is 0 Å². The minimum Gasteiger partial charge on any atom is -0.355 e. The molecule has 130 valence electrons. The van der Waals surface area contributed by atoms with Crippen LogP contribution < -0.4 is 5.32 Å². The van der Waals surface area contributed by atoms with Crippen molar-refractivity contribution < 1.29 is 4.79 Å². The number of carbonyl (C=O) groups excluding carboxylic acids is 1. The molecule has 1 rings (SSSR count). The third kappa shape index (κ3) is 32.3. The third-order valence-electron chi connectivity index (χ3n) is 1.26. The van der Waals surface area contributed by atoms with Gasteiger partial charge in [0.25, 0.3) is 5.91 Å². The molecule has 0 aliphatic carbocycles. The molecule has 1 aromatic rings. The fourth-order valence-electron chi connectivity index (χ4n) is 0.734. The Hall–Kier alpha value is -1.31. The summed E-state index contributed by atoms with van der Waals surface area (Å²) in [6, 6.07) is 9.11. The zero-order valence-corrected chi connectivity index (χ0v) is 15.8. The summed E-state index contributed by atoms with van der Waals surface area (Å²) >= 11 is 0. The fourth-order valence-corrected chi connectivity index (χ4v) is 0.734. The van der Waals surface area contributed by atoms with Crippen LogP contribution in [-0.4, -0.2) is 13.0 Å². The van der Waals surface area contributed by atoms with Gasteiger partial charge in [0.05, 0.1) is 0 Å². The summed E-state index contributed by atoms with van der Waals surface area (Å²) in [5, 5.41) is 2.54. The molecule has 1 aromatic carbocycles. The SMILES string of the molecule is C.CC.CC.CC.CC.CC.CNC(=O)c1ccccc1. The van der Waals surface area contributed by atoms with E-state index in [0.717, 1.165) is 0 Å². The Kier molecular flexibility index (Phi) is 89.4. The molecule has 2 nitrogen and oxygen atoms in total. The number of nitrogens with one attached hydrogen (secondary N) is 1. The summed E-state index contributed by atoms with van der Waals surface area (Å²) in [5.74, 6) is -0.0411. The van der Waals surface area contributed by atoms with Crippen molar-refractivity contribution in [1.82, 2.24) is 5.32 Å². The maximum atomic E-state index is 10.9. The number of amides is 1. The molecule has 0 bridgehead atoms. The van der Waals surface area contributed by atoms with E-state index < -0.39 is 0 Å². The van der Waals surface area contributed by atoms with Gasteiger partial charge in [-0.3, -0.25) is 4.79 Å². The minimum absolute atomic E-state index is 0. The maximum Gasteiger partial charge on any atom is 0.251 e. The van der Waals surface area contributed by atoms with Gasteiger partial charge in [-0.1, -0.05) is 94.9 Å². The van der Waals surface area contributed by atoms with Crippen molar-refractivity contribution in [3.8, 4) is 0 Å². The number of hydrogen-bond donors (Lipinski definition) is 1. The van der Waals surface area contributed by atoms with Gasteiger partial charge in [-0.15, -0.1) is 0 Å².